The maximum Gasteiger partial charge on any atom is 0.212 e. The van der Waals surface area contributed by atoms with Crippen LogP contribution in [0.15, 0.2) is 0 Å². The standard InChI is InChI=1S/C8H16IN3O2S.2ClH/c9-8-3-7(15(10,13)14)1-2-12(8)6-4-11-5-6;;/h6-8,11H,1-5H2,(H2,10,13,14);2*1H. The van der Waals surface area contributed by atoms with Crippen LogP contribution in [0.4, 0.5) is 0 Å². The van der Waals surface area contributed by atoms with Crippen molar-refractivity contribution >= 4 is 57.4 Å². The molecule has 2 heterocycles. The van der Waals surface area contributed by atoms with Gasteiger partial charge in [-0.1, -0.05) is 22.6 Å². The number of piperidine rings is 1. The lowest BCUT2D eigenvalue weighted by atomic mass is 10.0. The van der Waals surface area contributed by atoms with Crippen LogP contribution in [0.2, 0.25) is 0 Å². The van der Waals surface area contributed by atoms with Crippen LogP contribution in [0.5, 0.6) is 0 Å². The van der Waals surface area contributed by atoms with Crippen molar-refractivity contribution in [3.8, 4) is 0 Å². The molecule has 2 rings (SSSR count). The highest BCUT2D eigenvalue weighted by Gasteiger charge is 2.37. The van der Waals surface area contributed by atoms with Crippen molar-refractivity contribution in [2.45, 2.75) is 28.2 Å². The van der Waals surface area contributed by atoms with Crippen molar-refractivity contribution in [2.75, 3.05) is 19.6 Å². The number of nitrogens with zero attached hydrogens (tertiary/aromatic N) is 1. The average Bonchev–Trinajstić information content (AvgIpc) is 2.03. The predicted molar refractivity (Wildman–Crippen MR) is 81.8 cm³/mol. The van der Waals surface area contributed by atoms with Gasteiger partial charge in [-0.05, 0) is 12.8 Å². The van der Waals surface area contributed by atoms with Gasteiger partial charge >= 0.3 is 0 Å². The number of alkyl halides is 1. The van der Waals surface area contributed by atoms with E-state index in [0.29, 0.717) is 22.9 Å². The van der Waals surface area contributed by atoms with Gasteiger partial charge < -0.3 is 5.32 Å². The summed E-state index contributed by atoms with van der Waals surface area (Å²) in [6.07, 6.45) is 1.34. The summed E-state index contributed by atoms with van der Waals surface area (Å²) in [4.78, 5) is 2.39. The molecule has 2 unspecified atom stereocenters. The molecule has 17 heavy (non-hydrogen) atoms. The number of nitrogens with two attached hydrogens (primary N) is 1. The van der Waals surface area contributed by atoms with E-state index in [2.05, 4.69) is 32.8 Å². The molecule has 2 aliphatic heterocycles. The third kappa shape index (κ3) is 4.32. The van der Waals surface area contributed by atoms with Crippen LogP contribution in [-0.2, 0) is 10.0 Å². The van der Waals surface area contributed by atoms with E-state index in [1.807, 2.05) is 0 Å². The molecule has 0 amide bonds. The molecular weight excluding hydrogens is 400 g/mol. The molecule has 3 N–H and O–H groups in total. The Kier molecular flexibility index (Phi) is 7.54. The molecule has 0 bridgehead atoms. The average molecular weight is 418 g/mol. The number of rotatable bonds is 2. The van der Waals surface area contributed by atoms with E-state index >= 15 is 0 Å². The van der Waals surface area contributed by atoms with Crippen LogP contribution in [0, 0.1) is 0 Å². The Bertz CT molecular complexity index is 340. The molecule has 0 aromatic carbocycles. The normalized spacial score (nSPS) is 30.9. The molecule has 0 spiro atoms. The van der Waals surface area contributed by atoms with Gasteiger partial charge in [-0.2, -0.15) is 0 Å². The highest BCUT2D eigenvalue weighted by Crippen LogP contribution is 2.28. The van der Waals surface area contributed by atoms with Crippen molar-refractivity contribution in [3.05, 3.63) is 0 Å². The smallest absolute Gasteiger partial charge is 0.212 e. The SMILES string of the molecule is Cl.Cl.NS(=O)(=O)C1CCN(C2CNC2)C(I)C1. The molecule has 0 radical (unpaired) electrons. The van der Waals surface area contributed by atoms with E-state index in [9.17, 15) is 8.42 Å². The molecule has 5 nitrogen and oxygen atoms in total. The van der Waals surface area contributed by atoms with Crippen LogP contribution in [0.1, 0.15) is 12.8 Å². The number of hydrogen-bond acceptors (Lipinski definition) is 4. The molecule has 0 aliphatic carbocycles. The van der Waals surface area contributed by atoms with Gasteiger partial charge in [0.15, 0.2) is 0 Å². The van der Waals surface area contributed by atoms with Crippen molar-refractivity contribution in [3.63, 3.8) is 0 Å². The minimum Gasteiger partial charge on any atom is -0.314 e. The quantitative estimate of drug-likeness (QED) is 0.385. The highest BCUT2D eigenvalue weighted by atomic mass is 127. The van der Waals surface area contributed by atoms with E-state index in [1.54, 1.807) is 0 Å². The third-order valence-corrected chi connectivity index (χ3v) is 5.80. The number of sulfonamides is 1. The number of primary sulfonamides is 1. The van der Waals surface area contributed by atoms with Crippen LogP contribution in [0.3, 0.4) is 0 Å². The molecule has 104 valence electrons. The zero-order valence-electron chi connectivity index (χ0n) is 9.21. The fourth-order valence-electron chi connectivity index (χ4n) is 2.12. The fourth-order valence-corrected chi connectivity index (χ4v) is 4.70. The summed E-state index contributed by atoms with van der Waals surface area (Å²) < 4.78 is 22.8. The number of likely N-dealkylation sites (tertiary alicyclic amines) is 1. The lowest BCUT2D eigenvalue weighted by Crippen LogP contribution is -2.61. The maximum absolute atomic E-state index is 11.2. The van der Waals surface area contributed by atoms with Gasteiger partial charge in [-0.25, -0.2) is 13.6 Å². The zero-order valence-corrected chi connectivity index (χ0v) is 13.8. The van der Waals surface area contributed by atoms with Gasteiger partial charge in [0.2, 0.25) is 10.0 Å². The zero-order chi connectivity index (χ0) is 11.1. The van der Waals surface area contributed by atoms with E-state index in [-0.39, 0.29) is 30.1 Å². The third-order valence-electron chi connectivity index (χ3n) is 3.22. The van der Waals surface area contributed by atoms with Crippen LogP contribution in [0.25, 0.3) is 0 Å². The summed E-state index contributed by atoms with van der Waals surface area (Å²) >= 11 is 2.32. The summed E-state index contributed by atoms with van der Waals surface area (Å²) in [6, 6.07) is 0.591. The lowest BCUT2D eigenvalue weighted by molar-refractivity contribution is 0.114. The van der Waals surface area contributed by atoms with E-state index in [4.69, 9.17) is 5.14 Å². The monoisotopic (exact) mass is 417 g/mol. The Hall–Kier alpha value is 1.14. The van der Waals surface area contributed by atoms with Gasteiger partial charge in [0.05, 0.1) is 9.30 Å². The molecule has 0 aromatic rings. The minimum absolute atomic E-state index is 0. The predicted octanol–water partition coefficient (Wildman–Crippen LogP) is 0.316. The van der Waals surface area contributed by atoms with Gasteiger partial charge in [-0.15, -0.1) is 24.8 Å². The number of nitrogens with one attached hydrogen (secondary N) is 1. The second kappa shape index (κ2) is 7.06. The van der Waals surface area contributed by atoms with Crippen molar-refractivity contribution in [2.24, 2.45) is 5.14 Å². The Morgan fingerprint density at radius 1 is 1.29 bits per heavy atom. The summed E-state index contributed by atoms with van der Waals surface area (Å²) in [5, 5.41) is 8.07. The Morgan fingerprint density at radius 2 is 1.88 bits per heavy atom. The summed E-state index contributed by atoms with van der Waals surface area (Å²) in [5.41, 5.74) is 0. The molecule has 0 saturated carbocycles. The van der Waals surface area contributed by atoms with Crippen molar-refractivity contribution < 1.29 is 8.42 Å². The van der Waals surface area contributed by atoms with Gasteiger partial charge in [0.1, 0.15) is 0 Å². The second-order valence-corrected chi connectivity index (χ2v) is 7.50. The van der Waals surface area contributed by atoms with Crippen molar-refractivity contribution in [1.29, 1.82) is 0 Å². The fraction of sp³-hybridized carbons (Fsp3) is 1.00. The van der Waals surface area contributed by atoms with Crippen LogP contribution < -0.4 is 10.5 Å². The highest BCUT2D eigenvalue weighted by molar-refractivity contribution is 14.1. The molecule has 9 heteroatoms. The summed E-state index contributed by atoms with van der Waals surface area (Å²) in [5.74, 6) is 0. The topological polar surface area (TPSA) is 75.4 Å². The van der Waals surface area contributed by atoms with Gasteiger partial charge in [0.25, 0.3) is 0 Å². The Morgan fingerprint density at radius 3 is 2.24 bits per heavy atom. The maximum atomic E-state index is 11.2. The Labute approximate surface area is 128 Å². The van der Waals surface area contributed by atoms with E-state index in [1.165, 1.54) is 0 Å². The number of hydrogen-bond donors (Lipinski definition) is 2. The van der Waals surface area contributed by atoms with Crippen molar-refractivity contribution in [1.82, 2.24) is 10.2 Å². The molecule has 2 aliphatic rings. The minimum atomic E-state index is -3.34. The Balaban J connectivity index is 0.00000128. The van der Waals surface area contributed by atoms with Crippen LogP contribution in [-0.4, -0.2) is 48.3 Å². The van der Waals surface area contributed by atoms with E-state index in [0.717, 1.165) is 19.6 Å². The number of halogens is 3. The lowest BCUT2D eigenvalue weighted by Gasteiger charge is -2.44. The van der Waals surface area contributed by atoms with Crippen LogP contribution >= 0.6 is 47.4 Å². The van der Waals surface area contributed by atoms with Gasteiger partial charge in [0, 0.05) is 25.7 Å². The molecule has 2 saturated heterocycles. The second-order valence-electron chi connectivity index (χ2n) is 4.22. The largest absolute Gasteiger partial charge is 0.314 e. The molecule has 2 atom stereocenters. The molecule has 2 fully saturated rings. The molecule has 0 aromatic heterocycles. The molecular formula is C8H18Cl2IN3O2S. The first-order chi connectivity index (χ1) is 6.98. The first-order valence-corrected chi connectivity index (χ1v) is 7.96. The van der Waals surface area contributed by atoms with Gasteiger partial charge in [-0.3, -0.25) is 4.90 Å². The first kappa shape index (κ1) is 18.1. The first-order valence-electron chi connectivity index (χ1n) is 5.10. The summed E-state index contributed by atoms with van der Waals surface area (Å²) in [7, 11) is -3.34. The summed E-state index contributed by atoms with van der Waals surface area (Å²) in [6.45, 7) is 2.90. The van der Waals surface area contributed by atoms with E-state index < -0.39 is 10.0 Å².